The van der Waals surface area contributed by atoms with Crippen LogP contribution in [0.5, 0.6) is 0 Å². The van der Waals surface area contributed by atoms with Gasteiger partial charge in [0.15, 0.2) is 0 Å². The van der Waals surface area contributed by atoms with Gasteiger partial charge in [-0.1, -0.05) is 30.3 Å². The second kappa shape index (κ2) is 15.0. The maximum absolute atomic E-state index is 12.6. The van der Waals surface area contributed by atoms with Gasteiger partial charge in [-0.15, -0.1) is 12.4 Å². The van der Waals surface area contributed by atoms with E-state index in [0.717, 1.165) is 34.2 Å². The fraction of sp³-hybridized carbons (Fsp3) is 0.212. The van der Waals surface area contributed by atoms with Crippen molar-refractivity contribution in [1.82, 2.24) is 19.7 Å². The predicted molar refractivity (Wildman–Crippen MR) is 184 cm³/mol. The van der Waals surface area contributed by atoms with Crippen LogP contribution in [0.1, 0.15) is 77.0 Å². The number of imidazole rings is 1. The average Bonchev–Trinajstić information content (AvgIpc) is 3.55. The summed E-state index contributed by atoms with van der Waals surface area (Å²) in [6.45, 7) is 3.53. The molecule has 0 fully saturated rings. The molecule has 260 valence electrons. The number of aromatic nitrogens is 3. The Morgan fingerprint density at radius 3 is 2.28 bits per heavy atom. The molecule has 8 N–H and O–H groups in total. The molecule has 0 saturated heterocycles. The molecule has 5 aromatic rings. The van der Waals surface area contributed by atoms with Gasteiger partial charge in [0.1, 0.15) is 28.5 Å². The number of anilines is 2. The van der Waals surface area contributed by atoms with E-state index in [-0.39, 0.29) is 41.0 Å². The molecule has 1 atom stereocenters. The Hall–Kier alpha value is -6.13. The van der Waals surface area contributed by atoms with Gasteiger partial charge in [0.2, 0.25) is 5.78 Å². The molecular formula is C33H33ClN8O8. The fourth-order valence-corrected chi connectivity index (χ4v) is 5.38. The van der Waals surface area contributed by atoms with Crippen LogP contribution in [-0.4, -0.2) is 56.9 Å². The molecule has 0 bridgehead atoms. The summed E-state index contributed by atoms with van der Waals surface area (Å²) >= 11 is 0. The van der Waals surface area contributed by atoms with Crippen LogP contribution in [0.2, 0.25) is 0 Å². The molecule has 0 radical (unpaired) electrons. The molecule has 3 heterocycles. The third-order valence-electron chi connectivity index (χ3n) is 8.08. The number of aromatic carboxylic acids is 1. The van der Waals surface area contributed by atoms with Crippen LogP contribution < -0.4 is 38.3 Å². The van der Waals surface area contributed by atoms with E-state index < -0.39 is 40.7 Å². The number of benzene rings is 2. The van der Waals surface area contributed by atoms with Gasteiger partial charge < -0.3 is 37.3 Å². The number of nitrogens with zero attached hydrogens (tertiary/aromatic N) is 4. The van der Waals surface area contributed by atoms with Gasteiger partial charge in [0.25, 0.3) is 22.7 Å². The molecule has 1 aliphatic rings. The summed E-state index contributed by atoms with van der Waals surface area (Å²) in [5, 5.41) is 12.1. The number of esters is 1. The van der Waals surface area contributed by atoms with Crippen LogP contribution in [0.15, 0.2) is 64.3 Å². The number of carbonyl (C=O) groups is 4. The molecule has 0 spiro atoms. The van der Waals surface area contributed by atoms with Crippen molar-refractivity contribution in [1.29, 1.82) is 0 Å². The number of carboxylic acids is 1. The number of nitrogens with two attached hydrogens (primary N) is 3. The Labute approximate surface area is 290 Å². The highest BCUT2D eigenvalue weighted by atomic mass is 35.5. The van der Waals surface area contributed by atoms with Crippen LogP contribution in [0.4, 0.5) is 11.4 Å². The minimum Gasteiger partial charge on any atom is -0.477 e. The number of nitrogens with one attached hydrogen (secondary N) is 1. The van der Waals surface area contributed by atoms with Crippen molar-refractivity contribution < 1.29 is 29.0 Å². The van der Waals surface area contributed by atoms with Crippen molar-refractivity contribution in [2.45, 2.75) is 32.5 Å². The van der Waals surface area contributed by atoms with Gasteiger partial charge >= 0.3 is 11.9 Å². The second-order valence-corrected chi connectivity index (χ2v) is 11.2. The average molecular weight is 705 g/mol. The topological polar surface area (TPSA) is 255 Å². The number of carbonyl (C=O) groups excluding carboxylic acids is 3. The van der Waals surface area contributed by atoms with Gasteiger partial charge in [-0.05, 0) is 47.7 Å². The molecule has 50 heavy (non-hydrogen) atoms. The molecule has 16 nitrogen and oxygen atoms in total. The van der Waals surface area contributed by atoms with Crippen molar-refractivity contribution in [2.75, 3.05) is 24.3 Å². The highest BCUT2D eigenvalue weighted by molar-refractivity contribution is 5.97. The van der Waals surface area contributed by atoms with Crippen molar-refractivity contribution in [2.24, 2.45) is 11.5 Å². The van der Waals surface area contributed by atoms with Gasteiger partial charge in [-0.25, -0.2) is 19.6 Å². The molecule has 0 aliphatic carbocycles. The van der Waals surface area contributed by atoms with E-state index in [9.17, 15) is 33.9 Å². The van der Waals surface area contributed by atoms with Crippen molar-refractivity contribution >= 4 is 53.3 Å². The van der Waals surface area contributed by atoms with Gasteiger partial charge in [0.05, 0.1) is 18.7 Å². The fourth-order valence-electron chi connectivity index (χ4n) is 5.38. The third kappa shape index (κ3) is 7.30. The van der Waals surface area contributed by atoms with Crippen molar-refractivity contribution in [3.8, 4) is 0 Å². The molecule has 17 heteroatoms. The lowest BCUT2D eigenvalue weighted by Gasteiger charge is -2.31. The van der Waals surface area contributed by atoms with Crippen molar-refractivity contribution in [3.63, 3.8) is 0 Å². The molecule has 6 rings (SSSR count). The Kier molecular flexibility index (Phi) is 11.0. The number of amides is 2. The first-order chi connectivity index (χ1) is 23.3. The van der Waals surface area contributed by atoms with Gasteiger partial charge in [-0.2, -0.15) is 0 Å². The highest BCUT2D eigenvalue weighted by Crippen LogP contribution is 2.26. The number of fused-ring (bicyclic) bond motifs is 2. The number of methoxy groups -OCH3 is 1. The predicted octanol–water partition coefficient (Wildman–Crippen LogP) is 1.11. The maximum atomic E-state index is 12.6. The number of ether oxygens (including phenoxy) is 1. The summed E-state index contributed by atoms with van der Waals surface area (Å²) < 4.78 is 5.70. The van der Waals surface area contributed by atoms with Crippen molar-refractivity contribution in [3.05, 3.63) is 120 Å². The number of nitrogen functional groups attached to an aromatic ring is 1. The first-order valence-corrected chi connectivity index (χ1v) is 14.9. The van der Waals surface area contributed by atoms with Gasteiger partial charge in [0, 0.05) is 31.9 Å². The molecule has 2 amide bonds. The standard InChI is InChI=1S/C19H17N5O6.C14H15N3O2.ClH/c1-9(10-3-5-11(6-4-10)18(29)30-2)21-16(26)12-7-14(17(27)28)24-8-13(15(20)25)23-19(24)22-12;15-6-8-1-2-9-3-4-17(7-10(9)5-8)12-11(16)13(18)14(12)19;/h3-9H,1-2H3,(H2,20,25)(H,21,26)(H,27,28);1-2,5H,3-4,6-7,15-16H2;1H/t9-;;/m0../s1. The zero-order valence-electron chi connectivity index (χ0n) is 26.8. The molecular weight excluding hydrogens is 672 g/mol. The first kappa shape index (κ1) is 36.7. The maximum Gasteiger partial charge on any atom is 0.353 e. The summed E-state index contributed by atoms with van der Waals surface area (Å²) in [6.07, 6.45) is 1.99. The van der Waals surface area contributed by atoms with E-state index in [0.29, 0.717) is 36.4 Å². The lowest BCUT2D eigenvalue weighted by Crippen LogP contribution is -2.44. The van der Waals surface area contributed by atoms with E-state index in [4.69, 9.17) is 17.2 Å². The quantitative estimate of drug-likeness (QED) is 0.112. The number of carboxylic acid groups (broad SMARTS) is 1. The normalized spacial score (nSPS) is 12.6. The Bertz CT molecular complexity index is 2190. The van der Waals surface area contributed by atoms with E-state index >= 15 is 0 Å². The van der Waals surface area contributed by atoms with E-state index in [1.165, 1.54) is 12.7 Å². The molecule has 2 aromatic heterocycles. The van der Waals surface area contributed by atoms with Crippen LogP contribution >= 0.6 is 12.4 Å². The highest BCUT2D eigenvalue weighted by Gasteiger charge is 2.27. The number of rotatable bonds is 8. The second-order valence-electron chi connectivity index (χ2n) is 11.2. The smallest absolute Gasteiger partial charge is 0.353 e. The molecule has 1 aliphatic heterocycles. The molecule has 3 aromatic carbocycles. The molecule has 0 saturated carbocycles. The largest absolute Gasteiger partial charge is 0.477 e. The van der Waals surface area contributed by atoms with Crippen LogP contribution in [0.25, 0.3) is 5.78 Å². The summed E-state index contributed by atoms with van der Waals surface area (Å²) in [5.74, 6) is -3.47. The Morgan fingerprint density at radius 1 is 1.00 bits per heavy atom. The van der Waals surface area contributed by atoms with Crippen LogP contribution in [0.3, 0.4) is 0 Å². The minimum absolute atomic E-state index is 0. The first-order valence-electron chi connectivity index (χ1n) is 14.9. The van der Waals surface area contributed by atoms with Gasteiger partial charge in [-0.3, -0.25) is 23.6 Å². The number of halogens is 1. The summed E-state index contributed by atoms with van der Waals surface area (Å²) in [6, 6.07) is 13.2. The zero-order valence-corrected chi connectivity index (χ0v) is 27.7. The Balaban J connectivity index is 0.000000241. The zero-order chi connectivity index (χ0) is 35.6. The van der Waals surface area contributed by atoms with Crippen LogP contribution in [-0.2, 0) is 24.2 Å². The number of primary amides is 1. The minimum atomic E-state index is -1.34. The number of hydrogen-bond donors (Lipinski definition) is 5. The SMILES string of the molecule is COC(=O)c1ccc([C@H](C)NC(=O)c2cc(C(=O)O)n3cc(C(N)=O)nc3n2)cc1.Cl.NCc1ccc2c(c1)CN(c1c(N)c(=O)c1=O)CC2. The van der Waals surface area contributed by atoms with E-state index in [1.54, 1.807) is 31.2 Å². The summed E-state index contributed by atoms with van der Waals surface area (Å²) in [4.78, 5) is 79.6. The number of hydrogen-bond acceptors (Lipinski definition) is 12. The van der Waals surface area contributed by atoms with E-state index in [2.05, 4.69) is 32.2 Å². The summed E-state index contributed by atoms with van der Waals surface area (Å²) in [5.41, 5.74) is 19.8. The monoisotopic (exact) mass is 704 g/mol. The Morgan fingerprint density at radius 2 is 1.68 bits per heavy atom. The summed E-state index contributed by atoms with van der Waals surface area (Å²) in [7, 11) is 1.28. The lowest BCUT2D eigenvalue weighted by atomic mass is 9.96. The molecule has 0 unspecified atom stereocenters. The van der Waals surface area contributed by atoms with E-state index in [1.807, 2.05) is 11.0 Å². The lowest BCUT2D eigenvalue weighted by molar-refractivity contribution is 0.0599. The van der Waals surface area contributed by atoms with Crippen LogP contribution in [0, 0.1) is 0 Å². The third-order valence-corrected chi connectivity index (χ3v) is 8.08.